The number of hydrogen-bond acceptors (Lipinski definition) is 4. The first kappa shape index (κ1) is 17.0. The van der Waals surface area contributed by atoms with Gasteiger partial charge in [0.2, 0.25) is 0 Å². The fraction of sp³-hybridized carbons (Fsp3) is 0.158. The largest absolute Gasteiger partial charge is 0.493 e. The van der Waals surface area contributed by atoms with E-state index in [0.717, 1.165) is 5.56 Å². The highest BCUT2D eigenvalue weighted by atomic mass is 35.5. The van der Waals surface area contributed by atoms with E-state index in [2.05, 4.69) is 9.97 Å². The van der Waals surface area contributed by atoms with Crippen molar-refractivity contribution in [2.24, 2.45) is 0 Å². The second-order valence-corrected chi connectivity index (χ2v) is 5.67. The molecule has 0 amide bonds. The molecule has 2 aromatic carbocycles. The molecule has 0 bridgehead atoms. The van der Waals surface area contributed by atoms with Crippen LogP contribution in [0.5, 0.6) is 11.5 Å². The van der Waals surface area contributed by atoms with Gasteiger partial charge < -0.3 is 14.5 Å². The van der Waals surface area contributed by atoms with Crippen LogP contribution >= 0.6 is 11.6 Å². The van der Waals surface area contributed by atoms with Crippen LogP contribution in [-0.4, -0.2) is 23.7 Å². The van der Waals surface area contributed by atoms with E-state index in [9.17, 15) is 4.79 Å². The monoisotopic (exact) mass is 356 g/mol. The van der Waals surface area contributed by atoms with E-state index in [1.807, 2.05) is 25.1 Å². The Morgan fingerprint density at radius 1 is 1.24 bits per heavy atom. The van der Waals surface area contributed by atoms with Crippen molar-refractivity contribution in [2.45, 2.75) is 6.92 Å². The molecular formula is C19H17ClN2O3. The van der Waals surface area contributed by atoms with Crippen LogP contribution in [-0.2, 0) is 0 Å². The van der Waals surface area contributed by atoms with Gasteiger partial charge in [-0.2, -0.15) is 0 Å². The van der Waals surface area contributed by atoms with Crippen molar-refractivity contribution in [3.05, 3.63) is 64.2 Å². The summed E-state index contributed by atoms with van der Waals surface area (Å²) in [6, 6.07) is 12.6. The summed E-state index contributed by atoms with van der Waals surface area (Å²) in [4.78, 5) is 19.3. The second-order valence-electron chi connectivity index (χ2n) is 5.27. The zero-order chi connectivity index (χ0) is 17.8. The summed E-state index contributed by atoms with van der Waals surface area (Å²) in [6.45, 7) is 2.43. The first-order valence-electron chi connectivity index (χ1n) is 7.80. The molecule has 1 N–H and O–H groups in total. The Hall–Kier alpha value is -2.79. The van der Waals surface area contributed by atoms with E-state index < -0.39 is 0 Å². The fourth-order valence-corrected chi connectivity index (χ4v) is 2.68. The zero-order valence-electron chi connectivity index (χ0n) is 13.9. The predicted octanol–water partition coefficient (Wildman–Crippen LogP) is 4.07. The molecule has 0 atom stereocenters. The molecule has 0 unspecified atom stereocenters. The number of H-pyrrole nitrogens is 1. The molecule has 0 aliphatic rings. The summed E-state index contributed by atoms with van der Waals surface area (Å²) >= 11 is 6.37. The van der Waals surface area contributed by atoms with E-state index >= 15 is 0 Å². The summed E-state index contributed by atoms with van der Waals surface area (Å²) < 4.78 is 10.8. The average molecular weight is 357 g/mol. The highest BCUT2D eigenvalue weighted by Crippen LogP contribution is 2.30. The van der Waals surface area contributed by atoms with Crippen molar-refractivity contribution < 1.29 is 9.47 Å². The number of aromatic nitrogens is 2. The number of hydrogen-bond donors (Lipinski definition) is 1. The van der Waals surface area contributed by atoms with E-state index in [1.165, 1.54) is 0 Å². The molecular weight excluding hydrogens is 340 g/mol. The molecule has 6 heteroatoms. The minimum atomic E-state index is -0.225. The predicted molar refractivity (Wildman–Crippen MR) is 100 cm³/mol. The molecule has 0 aliphatic heterocycles. The lowest BCUT2D eigenvalue weighted by Gasteiger charge is -2.10. The third-order valence-electron chi connectivity index (χ3n) is 3.62. The normalized spacial score (nSPS) is 11.6. The Kier molecular flexibility index (Phi) is 5.05. The molecule has 0 saturated heterocycles. The van der Waals surface area contributed by atoms with Crippen molar-refractivity contribution in [2.75, 3.05) is 13.7 Å². The number of nitrogens with one attached hydrogen (secondary N) is 1. The third-order valence-corrected chi connectivity index (χ3v) is 3.91. The fourth-order valence-electron chi connectivity index (χ4n) is 2.47. The number of para-hydroxylation sites is 1. The van der Waals surface area contributed by atoms with Gasteiger partial charge in [-0.1, -0.05) is 29.8 Å². The van der Waals surface area contributed by atoms with Crippen LogP contribution in [0.4, 0.5) is 0 Å². The van der Waals surface area contributed by atoms with Gasteiger partial charge in [-0.3, -0.25) is 4.79 Å². The van der Waals surface area contributed by atoms with Crippen LogP contribution in [0.1, 0.15) is 18.3 Å². The van der Waals surface area contributed by atoms with Crippen LogP contribution < -0.4 is 15.0 Å². The molecule has 1 aromatic heterocycles. The Labute approximate surface area is 149 Å². The molecule has 0 spiro atoms. The first-order chi connectivity index (χ1) is 12.1. The highest BCUT2D eigenvalue weighted by molar-refractivity contribution is 6.50. The Balaban J connectivity index is 2.01. The van der Waals surface area contributed by atoms with Gasteiger partial charge in [0.25, 0.3) is 5.56 Å². The first-order valence-corrected chi connectivity index (χ1v) is 8.17. The molecule has 3 aromatic rings. The molecule has 0 aliphatic carbocycles. The lowest BCUT2D eigenvalue weighted by Crippen LogP contribution is -2.10. The Bertz CT molecular complexity index is 995. The number of methoxy groups -OCH3 is 1. The smallest absolute Gasteiger partial charge is 0.259 e. The third kappa shape index (κ3) is 3.67. The van der Waals surface area contributed by atoms with Gasteiger partial charge in [0.15, 0.2) is 17.3 Å². The SMILES string of the molecule is CCOc1cc(/C=C(\Cl)c2nc3ccccc3c(=O)[nH]2)ccc1OC. The summed E-state index contributed by atoms with van der Waals surface area (Å²) in [6.07, 6.45) is 1.72. The van der Waals surface area contributed by atoms with Crippen molar-refractivity contribution >= 4 is 33.6 Å². The molecule has 3 rings (SSSR count). The van der Waals surface area contributed by atoms with Gasteiger partial charge in [0.1, 0.15) is 0 Å². The molecule has 5 nitrogen and oxygen atoms in total. The van der Waals surface area contributed by atoms with Gasteiger partial charge in [0.05, 0.1) is 29.7 Å². The number of nitrogens with zero attached hydrogens (tertiary/aromatic N) is 1. The number of ether oxygens (including phenoxy) is 2. The minimum Gasteiger partial charge on any atom is -0.493 e. The molecule has 0 saturated carbocycles. The Morgan fingerprint density at radius 3 is 2.80 bits per heavy atom. The van der Waals surface area contributed by atoms with Crippen LogP contribution in [0.2, 0.25) is 0 Å². The van der Waals surface area contributed by atoms with Crippen LogP contribution in [0.25, 0.3) is 22.0 Å². The topological polar surface area (TPSA) is 64.2 Å². The lowest BCUT2D eigenvalue weighted by atomic mass is 10.2. The number of rotatable bonds is 5. The van der Waals surface area contributed by atoms with E-state index in [0.29, 0.717) is 39.9 Å². The number of aromatic amines is 1. The van der Waals surface area contributed by atoms with Crippen LogP contribution in [0.15, 0.2) is 47.3 Å². The van der Waals surface area contributed by atoms with E-state index in [1.54, 1.807) is 37.5 Å². The molecule has 1 heterocycles. The highest BCUT2D eigenvalue weighted by Gasteiger charge is 2.08. The molecule has 0 fully saturated rings. The van der Waals surface area contributed by atoms with Gasteiger partial charge in [-0.25, -0.2) is 4.98 Å². The molecule has 128 valence electrons. The minimum absolute atomic E-state index is 0.225. The summed E-state index contributed by atoms with van der Waals surface area (Å²) in [5.74, 6) is 1.59. The Morgan fingerprint density at radius 2 is 2.04 bits per heavy atom. The van der Waals surface area contributed by atoms with Crippen molar-refractivity contribution in [1.82, 2.24) is 9.97 Å². The summed E-state index contributed by atoms with van der Waals surface area (Å²) in [5, 5.41) is 0.856. The lowest BCUT2D eigenvalue weighted by molar-refractivity contribution is 0.311. The maximum Gasteiger partial charge on any atom is 0.259 e. The molecule has 0 radical (unpaired) electrons. The number of fused-ring (bicyclic) bond motifs is 1. The van der Waals surface area contributed by atoms with Crippen LogP contribution in [0, 0.1) is 0 Å². The summed E-state index contributed by atoms with van der Waals surface area (Å²) in [5.41, 5.74) is 1.18. The van der Waals surface area contributed by atoms with E-state index in [-0.39, 0.29) is 5.56 Å². The van der Waals surface area contributed by atoms with Crippen molar-refractivity contribution in [1.29, 1.82) is 0 Å². The van der Waals surface area contributed by atoms with Crippen molar-refractivity contribution in [3.8, 4) is 11.5 Å². The maximum atomic E-state index is 12.2. The summed E-state index contributed by atoms with van der Waals surface area (Å²) in [7, 11) is 1.59. The number of benzene rings is 2. The van der Waals surface area contributed by atoms with Crippen molar-refractivity contribution in [3.63, 3.8) is 0 Å². The van der Waals surface area contributed by atoms with Gasteiger partial charge >= 0.3 is 0 Å². The quantitative estimate of drug-likeness (QED) is 0.748. The van der Waals surface area contributed by atoms with Gasteiger partial charge in [0, 0.05) is 0 Å². The zero-order valence-corrected chi connectivity index (χ0v) is 14.6. The molecule has 25 heavy (non-hydrogen) atoms. The standard InChI is InChI=1S/C19H17ClN2O3/c1-3-25-17-11-12(8-9-16(17)24-2)10-14(20)18-21-15-7-5-4-6-13(15)19(23)22-18/h4-11H,3H2,1-2H3,(H,21,22,23)/b14-10-. The maximum absolute atomic E-state index is 12.2. The van der Waals surface area contributed by atoms with Gasteiger partial charge in [-0.05, 0) is 42.8 Å². The average Bonchev–Trinajstić information content (AvgIpc) is 2.62. The number of halogens is 1. The van der Waals surface area contributed by atoms with Crippen LogP contribution in [0.3, 0.4) is 0 Å². The van der Waals surface area contributed by atoms with Gasteiger partial charge in [-0.15, -0.1) is 0 Å². The van der Waals surface area contributed by atoms with E-state index in [4.69, 9.17) is 21.1 Å². The second kappa shape index (κ2) is 7.40.